The number of amides is 1. The molecule has 5 nitrogen and oxygen atoms in total. The number of carbonyl (C=O) groups is 1. The van der Waals surface area contributed by atoms with Crippen LogP contribution in [-0.2, 0) is 21.2 Å². The van der Waals surface area contributed by atoms with Gasteiger partial charge in [0.15, 0.2) is 0 Å². The van der Waals surface area contributed by atoms with Crippen LogP contribution in [0.15, 0.2) is 77.7 Å². The third-order valence-corrected chi connectivity index (χ3v) is 7.63. The monoisotopic (exact) mass is 464 g/mol. The highest BCUT2D eigenvalue weighted by Crippen LogP contribution is 2.28. The molecule has 6 heteroatoms. The summed E-state index contributed by atoms with van der Waals surface area (Å²) in [6.45, 7) is 7.38. The molecule has 174 valence electrons. The Bertz CT molecular complexity index is 1190. The molecule has 3 aromatic carbocycles. The summed E-state index contributed by atoms with van der Waals surface area (Å²) in [7, 11) is -3.92. The van der Waals surface area contributed by atoms with Gasteiger partial charge in [-0.2, -0.15) is 0 Å². The SMILES string of the molecule is Cc1ccc(S(=O)(=O)N(CC(=O)N[C@@H](C)CCc2ccccc2)c2cccc(C)c2C)cc1. The molecule has 33 heavy (non-hydrogen) atoms. The van der Waals surface area contributed by atoms with Crippen LogP contribution in [0, 0.1) is 20.8 Å². The van der Waals surface area contributed by atoms with Crippen LogP contribution in [0.3, 0.4) is 0 Å². The molecular weight excluding hydrogens is 432 g/mol. The summed E-state index contributed by atoms with van der Waals surface area (Å²) >= 11 is 0. The van der Waals surface area contributed by atoms with E-state index < -0.39 is 10.0 Å². The molecule has 3 rings (SSSR count). The Morgan fingerprint density at radius 3 is 2.24 bits per heavy atom. The highest BCUT2D eigenvalue weighted by Gasteiger charge is 2.28. The number of anilines is 1. The van der Waals surface area contributed by atoms with Crippen molar-refractivity contribution in [2.45, 2.75) is 51.5 Å². The van der Waals surface area contributed by atoms with Crippen LogP contribution in [0.25, 0.3) is 0 Å². The van der Waals surface area contributed by atoms with Gasteiger partial charge in [0.05, 0.1) is 10.6 Å². The first kappa shape index (κ1) is 24.5. The molecule has 0 aromatic heterocycles. The van der Waals surface area contributed by atoms with Gasteiger partial charge in [-0.3, -0.25) is 9.10 Å². The number of nitrogens with one attached hydrogen (secondary N) is 1. The summed E-state index contributed by atoms with van der Waals surface area (Å²) in [4.78, 5) is 13.1. The molecule has 0 saturated heterocycles. The topological polar surface area (TPSA) is 66.5 Å². The van der Waals surface area contributed by atoms with Crippen LogP contribution < -0.4 is 9.62 Å². The Morgan fingerprint density at radius 2 is 1.58 bits per heavy atom. The number of hydrogen-bond acceptors (Lipinski definition) is 3. The Hall–Kier alpha value is -3.12. The molecule has 0 aliphatic rings. The first-order valence-corrected chi connectivity index (χ1v) is 12.6. The Morgan fingerprint density at radius 1 is 0.909 bits per heavy atom. The Kier molecular flexibility index (Phi) is 7.92. The minimum Gasteiger partial charge on any atom is -0.352 e. The molecule has 1 N–H and O–H groups in total. The summed E-state index contributed by atoms with van der Waals surface area (Å²) in [5, 5.41) is 2.97. The molecule has 0 radical (unpaired) electrons. The fourth-order valence-electron chi connectivity index (χ4n) is 3.69. The van der Waals surface area contributed by atoms with Crippen molar-refractivity contribution in [2.75, 3.05) is 10.8 Å². The molecule has 0 heterocycles. The van der Waals surface area contributed by atoms with Gasteiger partial charge in [-0.05, 0) is 75.4 Å². The molecule has 1 amide bonds. The average molecular weight is 465 g/mol. The van der Waals surface area contributed by atoms with Crippen molar-refractivity contribution >= 4 is 21.6 Å². The van der Waals surface area contributed by atoms with E-state index in [1.54, 1.807) is 30.3 Å². The highest BCUT2D eigenvalue weighted by atomic mass is 32.2. The van der Waals surface area contributed by atoms with Crippen LogP contribution in [0.4, 0.5) is 5.69 Å². The molecule has 0 unspecified atom stereocenters. The zero-order valence-corrected chi connectivity index (χ0v) is 20.5. The van der Waals surface area contributed by atoms with Crippen molar-refractivity contribution in [3.8, 4) is 0 Å². The molecule has 0 bridgehead atoms. The summed E-state index contributed by atoms with van der Waals surface area (Å²) < 4.78 is 28.4. The van der Waals surface area contributed by atoms with E-state index in [1.165, 1.54) is 9.87 Å². The molecule has 0 aliphatic heterocycles. The second-order valence-corrected chi connectivity index (χ2v) is 10.4. The maximum Gasteiger partial charge on any atom is 0.264 e. The maximum absolute atomic E-state index is 13.6. The fourth-order valence-corrected chi connectivity index (χ4v) is 5.17. The van der Waals surface area contributed by atoms with E-state index in [4.69, 9.17) is 0 Å². The van der Waals surface area contributed by atoms with E-state index >= 15 is 0 Å². The number of rotatable bonds is 9. The van der Waals surface area contributed by atoms with Crippen molar-refractivity contribution in [2.24, 2.45) is 0 Å². The zero-order valence-electron chi connectivity index (χ0n) is 19.7. The third kappa shape index (κ3) is 6.23. The largest absolute Gasteiger partial charge is 0.352 e. The van der Waals surface area contributed by atoms with Crippen LogP contribution in [0.5, 0.6) is 0 Å². The van der Waals surface area contributed by atoms with E-state index in [9.17, 15) is 13.2 Å². The Labute approximate surface area is 197 Å². The maximum atomic E-state index is 13.6. The first-order chi connectivity index (χ1) is 15.7. The van der Waals surface area contributed by atoms with Crippen molar-refractivity contribution in [1.82, 2.24) is 5.32 Å². The number of benzene rings is 3. The second-order valence-electron chi connectivity index (χ2n) is 8.54. The minimum absolute atomic E-state index is 0.0831. The van der Waals surface area contributed by atoms with Crippen molar-refractivity contribution in [3.05, 3.63) is 95.1 Å². The zero-order chi connectivity index (χ0) is 24.0. The fraction of sp³-hybridized carbons (Fsp3) is 0.296. The molecular formula is C27H32N2O3S. The lowest BCUT2D eigenvalue weighted by Crippen LogP contribution is -2.44. The van der Waals surface area contributed by atoms with E-state index in [2.05, 4.69) is 17.4 Å². The highest BCUT2D eigenvalue weighted by molar-refractivity contribution is 7.92. The smallest absolute Gasteiger partial charge is 0.264 e. The molecule has 0 saturated carbocycles. The molecule has 0 aliphatic carbocycles. The number of carbonyl (C=O) groups excluding carboxylic acids is 1. The predicted octanol–water partition coefficient (Wildman–Crippen LogP) is 4.94. The Balaban J connectivity index is 1.81. The second kappa shape index (κ2) is 10.7. The van der Waals surface area contributed by atoms with E-state index in [1.807, 2.05) is 58.0 Å². The lowest BCUT2D eigenvalue weighted by molar-refractivity contribution is -0.120. The van der Waals surface area contributed by atoms with Gasteiger partial charge in [-0.25, -0.2) is 8.42 Å². The summed E-state index contributed by atoms with van der Waals surface area (Å²) in [5.41, 5.74) is 4.49. The van der Waals surface area contributed by atoms with Crippen molar-refractivity contribution in [1.29, 1.82) is 0 Å². The van der Waals surface area contributed by atoms with Crippen LogP contribution in [0.2, 0.25) is 0 Å². The summed E-state index contributed by atoms with van der Waals surface area (Å²) in [6.07, 6.45) is 1.61. The third-order valence-electron chi connectivity index (χ3n) is 5.86. The molecule has 1 atom stereocenters. The van der Waals surface area contributed by atoms with Gasteiger partial charge in [0.25, 0.3) is 10.0 Å². The summed E-state index contributed by atoms with van der Waals surface area (Å²) in [6, 6.07) is 22.2. The standard InChI is InChI=1S/C27H32N2O3S/c1-20-13-17-25(18-14-20)33(31,32)29(26-12-8-9-21(2)23(26)4)19-27(30)28-22(3)15-16-24-10-6-5-7-11-24/h5-14,17-18,22H,15-16,19H2,1-4H3,(H,28,30)/t22-/m0/s1. The van der Waals surface area contributed by atoms with Crippen LogP contribution in [-0.4, -0.2) is 26.9 Å². The first-order valence-electron chi connectivity index (χ1n) is 11.2. The normalized spacial score (nSPS) is 12.2. The average Bonchev–Trinajstić information content (AvgIpc) is 2.79. The van der Waals surface area contributed by atoms with Crippen LogP contribution >= 0.6 is 0 Å². The van der Waals surface area contributed by atoms with Gasteiger partial charge in [-0.15, -0.1) is 0 Å². The van der Waals surface area contributed by atoms with Gasteiger partial charge >= 0.3 is 0 Å². The van der Waals surface area contributed by atoms with Crippen molar-refractivity contribution < 1.29 is 13.2 Å². The molecule has 0 fully saturated rings. The number of nitrogens with zero attached hydrogens (tertiary/aromatic N) is 1. The summed E-state index contributed by atoms with van der Waals surface area (Å²) in [5.74, 6) is -0.327. The lowest BCUT2D eigenvalue weighted by atomic mass is 10.1. The van der Waals surface area contributed by atoms with Crippen LogP contribution in [0.1, 0.15) is 35.6 Å². The molecule has 3 aromatic rings. The van der Waals surface area contributed by atoms with Gasteiger partial charge in [0.2, 0.25) is 5.91 Å². The number of sulfonamides is 1. The van der Waals surface area contributed by atoms with Gasteiger partial charge in [0.1, 0.15) is 6.54 Å². The lowest BCUT2D eigenvalue weighted by Gasteiger charge is -2.27. The van der Waals surface area contributed by atoms with E-state index in [0.29, 0.717) is 5.69 Å². The minimum atomic E-state index is -3.92. The van der Waals surface area contributed by atoms with Gasteiger partial charge < -0.3 is 5.32 Å². The van der Waals surface area contributed by atoms with E-state index in [0.717, 1.165) is 29.5 Å². The van der Waals surface area contributed by atoms with Gasteiger partial charge in [0, 0.05) is 6.04 Å². The number of hydrogen-bond donors (Lipinski definition) is 1. The quantitative estimate of drug-likeness (QED) is 0.488. The molecule has 0 spiro atoms. The van der Waals surface area contributed by atoms with Gasteiger partial charge in [-0.1, -0.05) is 60.2 Å². The number of aryl methyl sites for hydroxylation is 3. The predicted molar refractivity (Wildman–Crippen MR) is 134 cm³/mol. The van der Waals surface area contributed by atoms with E-state index in [-0.39, 0.29) is 23.4 Å². The van der Waals surface area contributed by atoms with Crippen molar-refractivity contribution in [3.63, 3.8) is 0 Å².